The van der Waals surface area contributed by atoms with Gasteiger partial charge in [-0.05, 0) is 38.8 Å². The van der Waals surface area contributed by atoms with Crippen molar-refractivity contribution in [2.75, 3.05) is 13.2 Å². The third kappa shape index (κ3) is 5.89. The SMILES string of the molecule is CCCNC(C)(CO)CC(C)Sc1ncc(C)cn1. The lowest BCUT2D eigenvalue weighted by Gasteiger charge is -2.31. The average molecular weight is 283 g/mol. The summed E-state index contributed by atoms with van der Waals surface area (Å²) in [6.07, 6.45) is 5.62. The van der Waals surface area contributed by atoms with Crippen LogP contribution in [0.5, 0.6) is 0 Å². The van der Waals surface area contributed by atoms with Crippen LogP contribution in [0.15, 0.2) is 17.6 Å². The second-order valence-electron chi connectivity index (χ2n) is 5.32. The first-order valence-electron chi connectivity index (χ1n) is 6.80. The second-order valence-corrected chi connectivity index (χ2v) is 6.73. The van der Waals surface area contributed by atoms with E-state index in [9.17, 15) is 5.11 Å². The van der Waals surface area contributed by atoms with Gasteiger partial charge in [0.1, 0.15) is 0 Å². The maximum atomic E-state index is 9.56. The molecule has 0 fully saturated rings. The third-order valence-electron chi connectivity index (χ3n) is 2.95. The highest BCUT2D eigenvalue weighted by atomic mass is 32.2. The lowest BCUT2D eigenvalue weighted by atomic mass is 9.97. The van der Waals surface area contributed by atoms with Crippen LogP contribution in [0, 0.1) is 6.92 Å². The van der Waals surface area contributed by atoms with Crippen molar-refractivity contribution in [1.82, 2.24) is 15.3 Å². The van der Waals surface area contributed by atoms with Crippen LogP contribution in [0.4, 0.5) is 0 Å². The van der Waals surface area contributed by atoms with Crippen LogP contribution in [-0.2, 0) is 0 Å². The zero-order valence-electron chi connectivity index (χ0n) is 12.3. The molecule has 1 aromatic rings. The van der Waals surface area contributed by atoms with E-state index in [-0.39, 0.29) is 12.1 Å². The van der Waals surface area contributed by atoms with Gasteiger partial charge in [-0.2, -0.15) is 0 Å². The molecule has 108 valence electrons. The minimum Gasteiger partial charge on any atom is -0.394 e. The molecule has 0 aliphatic rings. The minimum absolute atomic E-state index is 0.145. The fourth-order valence-corrected chi connectivity index (χ4v) is 2.96. The van der Waals surface area contributed by atoms with Gasteiger partial charge in [-0.15, -0.1) is 0 Å². The van der Waals surface area contributed by atoms with E-state index in [0.717, 1.165) is 30.1 Å². The quantitative estimate of drug-likeness (QED) is 0.567. The molecular weight excluding hydrogens is 258 g/mol. The van der Waals surface area contributed by atoms with E-state index in [4.69, 9.17) is 0 Å². The van der Waals surface area contributed by atoms with Crippen molar-refractivity contribution in [2.45, 2.75) is 56.5 Å². The number of nitrogens with zero attached hydrogens (tertiary/aromatic N) is 2. The summed E-state index contributed by atoms with van der Waals surface area (Å²) in [6.45, 7) is 9.39. The Kier molecular flexibility index (Phi) is 6.75. The van der Waals surface area contributed by atoms with E-state index < -0.39 is 0 Å². The molecule has 0 amide bonds. The van der Waals surface area contributed by atoms with Gasteiger partial charge in [0.2, 0.25) is 0 Å². The molecule has 2 N–H and O–H groups in total. The van der Waals surface area contributed by atoms with Crippen LogP contribution in [0.1, 0.15) is 39.2 Å². The molecular formula is C14H25N3OS. The van der Waals surface area contributed by atoms with E-state index in [1.165, 1.54) is 0 Å². The lowest BCUT2D eigenvalue weighted by molar-refractivity contribution is 0.166. The molecule has 19 heavy (non-hydrogen) atoms. The number of aliphatic hydroxyl groups is 1. The summed E-state index contributed by atoms with van der Waals surface area (Å²) in [7, 11) is 0. The molecule has 0 aliphatic carbocycles. The van der Waals surface area contributed by atoms with Crippen molar-refractivity contribution < 1.29 is 5.11 Å². The Bertz CT molecular complexity index is 371. The number of thioether (sulfide) groups is 1. The number of aliphatic hydroxyl groups excluding tert-OH is 1. The maximum absolute atomic E-state index is 9.56. The first-order valence-corrected chi connectivity index (χ1v) is 7.68. The Morgan fingerprint density at radius 1 is 1.42 bits per heavy atom. The molecule has 4 nitrogen and oxygen atoms in total. The molecule has 1 rings (SSSR count). The molecule has 0 aliphatic heterocycles. The molecule has 2 unspecified atom stereocenters. The summed E-state index contributed by atoms with van der Waals surface area (Å²) in [5.74, 6) is 0. The molecule has 0 aromatic carbocycles. The van der Waals surface area contributed by atoms with Gasteiger partial charge in [0.25, 0.3) is 0 Å². The number of hydrogen-bond donors (Lipinski definition) is 2. The molecule has 1 heterocycles. The fraction of sp³-hybridized carbons (Fsp3) is 0.714. The zero-order chi connectivity index (χ0) is 14.3. The monoisotopic (exact) mass is 283 g/mol. The number of nitrogens with one attached hydrogen (secondary N) is 1. The number of rotatable bonds is 8. The predicted octanol–water partition coefficient (Wildman–Crippen LogP) is 2.41. The summed E-state index contributed by atoms with van der Waals surface area (Å²) < 4.78 is 0. The van der Waals surface area contributed by atoms with E-state index in [2.05, 4.69) is 36.1 Å². The lowest BCUT2D eigenvalue weighted by Crippen LogP contribution is -2.47. The summed E-state index contributed by atoms with van der Waals surface area (Å²) in [5, 5.41) is 14.1. The summed E-state index contributed by atoms with van der Waals surface area (Å²) in [5.41, 5.74) is 0.842. The van der Waals surface area contributed by atoms with Crippen LogP contribution >= 0.6 is 11.8 Å². The summed E-state index contributed by atoms with van der Waals surface area (Å²) >= 11 is 1.65. The predicted molar refractivity (Wildman–Crippen MR) is 80.5 cm³/mol. The van der Waals surface area contributed by atoms with Gasteiger partial charge < -0.3 is 10.4 Å². The van der Waals surface area contributed by atoms with E-state index in [0.29, 0.717) is 5.25 Å². The Morgan fingerprint density at radius 2 is 2.05 bits per heavy atom. The summed E-state index contributed by atoms with van der Waals surface area (Å²) in [4.78, 5) is 8.61. The first-order chi connectivity index (χ1) is 8.99. The summed E-state index contributed by atoms with van der Waals surface area (Å²) in [6, 6.07) is 0. The minimum atomic E-state index is -0.229. The van der Waals surface area contributed by atoms with Gasteiger partial charge in [-0.1, -0.05) is 25.6 Å². The highest BCUT2D eigenvalue weighted by Gasteiger charge is 2.25. The van der Waals surface area contributed by atoms with Gasteiger partial charge >= 0.3 is 0 Å². The van der Waals surface area contributed by atoms with E-state index >= 15 is 0 Å². The van der Waals surface area contributed by atoms with Gasteiger partial charge in [0.05, 0.1) is 6.61 Å². The van der Waals surface area contributed by atoms with Gasteiger partial charge in [0.15, 0.2) is 5.16 Å². The molecule has 5 heteroatoms. The number of aryl methyl sites for hydroxylation is 1. The van der Waals surface area contributed by atoms with Crippen molar-refractivity contribution in [3.8, 4) is 0 Å². The highest BCUT2D eigenvalue weighted by molar-refractivity contribution is 7.99. The van der Waals surface area contributed by atoms with Crippen molar-refractivity contribution in [3.63, 3.8) is 0 Å². The highest BCUT2D eigenvalue weighted by Crippen LogP contribution is 2.26. The van der Waals surface area contributed by atoms with Crippen LogP contribution < -0.4 is 5.32 Å². The van der Waals surface area contributed by atoms with Crippen LogP contribution in [-0.4, -0.2) is 39.0 Å². The van der Waals surface area contributed by atoms with Crippen molar-refractivity contribution in [1.29, 1.82) is 0 Å². The Hall–Kier alpha value is -0.650. The van der Waals surface area contributed by atoms with Crippen molar-refractivity contribution in [3.05, 3.63) is 18.0 Å². The Morgan fingerprint density at radius 3 is 2.58 bits per heavy atom. The molecule has 1 aromatic heterocycles. The molecule has 2 atom stereocenters. The maximum Gasteiger partial charge on any atom is 0.187 e. The molecule has 0 spiro atoms. The van der Waals surface area contributed by atoms with Gasteiger partial charge in [-0.25, -0.2) is 9.97 Å². The van der Waals surface area contributed by atoms with Crippen molar-refractivity contribution >= 4 is 11.8 Å². The van der Waals surface area contributed by atoms with Crippen LogP contribution in [0.2, 0.25) is 0 Å². The van der Waals surface area contributed by atoms with Crippen molar-refractivity contribution in [2.24, 2.45) is 0 Å². The zero-order valence-corrected chi connectivity index (χ0v) is 13.1. The van der Waals surface area contributed by atoms with E-state index in [1.807, 2.05) is 19.3 Å². The van der Waals surface area contributed by atoms with Crippen LogP contribution in [0.3, 0.4) is 0 Å². The topological polar surface area (TPSA) is 58.0 Å². The molecule has 0 saturated heterocycles. The fourth-order valence-electron chi connectivity index (χ4n) is 1.92. The van der Waals surface area contributed by atoms with Gasteiger partial charge in [0, 0.05) is 23.2 Å². The number of aromatic nitrogens is 2. The molecule has 0 radical (unpaired) electrons. The normalized spacial score (nSPS) is 16.1. The average Bonchev–Trinajstić information content (AvgIpc) is 2.39. The van der Waals surface area contributed by atoms with Crippen LogP contribution in [0.25, 0.3) is 0 Å². The first kappa shape index (κ1) is 16.4. The Balaban J connectivity index is 2.52. The second kappa shape index (κ2) is 7.82. The number of hydrogen-bond acceptors (Lipinski definition) is 5. The third-order valence-corrected chi connectivity index (χ3v) is 3.94. The standard InChI is InChI=1S/C14H25N3OS/c1-5-6-17-14(4,10-18)7-12(3)19-13-15-8-11(2)9-16-13/h8-9,12,17-18H,5-7,10H2,1-4H3. The molecule has 0 bridgehead atoms. The smallest absolute Gasteiger partial charge is 0.187 e. The van der Waals surface area contributed by atoms with Gasteiger partial charge in [-0.3, -0.25) is 0 Å². The van der Waals surface area contributed by atoms with E-state index in [1.54, 1.807) is 11.8 Å². The Labute approximate surface area is 120 Å². The molecule has 0 saturated carbocycles. The largest absolute Gasteiger partial charge is 0.394 e.